The number of nitrogens with zero attached hydrogens (tertiary/aromatic N) is 3. The van der Waals surface area contributed by atoms with Crippen LogP contribution in [0, 0.1) is 5.82 Å². The lowest BCUT2D eigenvalue weighted by Gasteiger charge is -2.17. The fourth-order valence-corrected chi connectivity index (χ4v) is 3.54. The zero-order valence-corrected chi connectivity index (χ0v) is 15.4. The van der Waals surface area contributed by atoms with Gasteiger partial charge in [0, 0.05) is 30.1 Å². The molecule has 2 aromatic carbocycles. The van der Waals surface area contributed by atoms with Gasteiger partial charge in [0.1, 0.15) is 11.5 Å². The zero-order valence-electron chi connectivity index (χ0n) is 15.4. The van der Waals surface area contributed by atoms with Gasteiger partial charge in [-0.05, 0) is 24.6 Å². The van der Waals surface area contributed by atoms with Gasteiger partial charge in [-0.15, -0.1) is 10.2 Å². The van der Waals surface area contributed by atoms with Crippen LogP contribution in [0.25, 0.3) is 22.0 Å². The Labute approximate surface area is 168 Å². The summed E-state index contributed by atoms with van der Waals surface area (Å²) in [5, 5.41) is 20.8. The summed E-state index contributed by atoms with van der Waals surface area (Å²) in [6.07, 6.45) is -4.96. The van der Waals surface area contributed by atoms with Crippen molar-refractivity contribution >= 4 is 22.7 Å². The molecule has 4 rings (SSSR count). The molecule has 3 aromatic rings. The Morgan fingerprint density at radius 1 is 1.13 bits per heavy atom. The molecular weight excluding hydrogens is 404 g/mol. The molecule has 1 aliphatic rings. The largest absolute Gasteiger partial charge is 0.465 e. The standard InChI is InChI=1S/C20H16F4N4O2/c21-15-3-1-2-14-16(15)18(25-13-8-9-28(10-13)19(29)30)27-26-17(14)11-4-6-12(7-5-11)20(22,23)24/h1-7,13H,8-10H2,(H,25,27)(H,29,30). The molecule has 1 aromatic heterocycles. The van der Waals surface area contributed by atoms with Gasteiger partial charge in [0.2, 0.25) is 0 Å². The van der Waals surface area contributed by atoms with E-state index in [1.807, 2.05) is 0 Å². The number of alkyl halides is 3. The molecule has 1 fully saturated rings. The van der Waals surface area contributed by atoms with Gasteiger partial charge in [0.05, 0.1) is 10.9 Å². The van der Waals surface area contributed by atoms with E-state index in [4.69, 9.17) is 5.11 Å². The van der Waals surface area contributed by atoms with E-state index in [1.165, 1.54) is 29.2 Å². The Kier molecular flexibility index (Phi) is 4.92. The Hall–Kier alpha value is -3.43. The van der Waals surface area contributed by atoms with Crippen LogP contribution < -0.4 is 5.32 Å². The maximum atomic E-state index is 14.7. The molecule has 1 aliphatic heterocycles. The lowest BCUT2D eigenvalue weighted by atomic mass is 10.0. The van der Waals surface area contributed by atoms with Crippen molar-refractivity contribution in [1.82, 2.24) is 15.1 Å². The summed E-state index contributed by atoms with van der Waals surface area (Å²) in [7, 11) is 0. The maximum absolute atomic E-state index is 14.7. The number of hydrogen-bond acceptors (Lipinski definition) is 4. The highest BCUT2D eigenvalue weighted by Gasteiger charge is 2.30. The SMILES string of the molecule is O=C(O)N1CCC(Nc2nnc(-c3ccc(C(F)(F)F)cc3)c3cccc(F)c23)C1. The molecule has 2 N–H and O–H groups in total. The highest BCUT2D eigenvalue weighted by atomic mass is 19.4. The summed E-state index contributed by atoms with van der Waals surface area (Å²) in [6, 6.07) is 8.51. The molecule has 0 bridgehead atoms. The summed E-state index contributed by atoms with van der Waals surface area (Å²) in [5.74, 6) is -0.401. The van der Waals surface area contributed by atoms with E-state index in [2.05, 4.69) is 15.5 Å². The van der Waals surface area contributed by atoms with E-state index in [9.17, 15) is 22.4 Å². The third kappa shape index (κ3) is 3.72. The van der Waals surface area contributed by atoms with Crippen molar-refractivity contribution in [3.63, 3.8) is 0 Å². The number of rotatable bonds is 3. The highest BCUT2D eigenvalue weighted by molar-refractivity contribution is 6.00. The monoisotopic (exact) mass is 420 g/mol. The van der Waals surface area contributed by atoms with E-state index in [0.717, 1.165) is 12.1 Å². The highest BCUT2D eigenvalue weighted by Crippen LogP contribution is 2.34. The van der Waals surface area contributed by atoms with Crippen molar-refractivity contribution in [2.45, 2.75) is 18.6 Å². The Morgan fingerprint density at radius 2 is 1.87 bits per heavy atom. The number of anilines is 1. The average molecular weight is 420 g/mol. The number of nitrogens with one attached hydrogen (secondary N) is 1. The maximum Gasteiger partial charge on any atom is 0.416 e. The number of carbonyl (C=O) groups is 1. The van der Waals surface area contributed by atoms with Crippen LogP contribution in [0.2, 0.25) is 0 Å². The third-order valence-electron chi connectivity index (χ3n) is 5.04. The summed E-state index contributed by atoms with van der Waals surface area (Å²) in [5.41, 5.74) is -0.171. The van der Waals surface area contributed by atoms with Crippen LogP contribution in [0.5, 0.6) is 0 Å². The van der Waals surface area contributed by atoms with E-state index in [1.54, 1.807) is 6.07 Å². The van der Waals surface area contributed by atoms with Crippen LogP contribution in [0.15, 0.2) is 42.5 Å². The number of fused-ring (bicyclic) bond motifs is 1. The lowest BCUT2D eigenvalue weighted by molar-refractivity contribution is -0.137. The topological polar surface area (TPSA) is 78.4 Å². The van der Waals surface area contributed by atoms with Crippen molar-refractivity contribution in [3.05, 3.63) is 53.8 Å². The molecule has 0 radical (unpaired) electrons. The van der Waals surface area contributed by atoms with Crippen LogP contribution in [0.3, 0.4) is 0 Å². The predicted octanol–water partition coefficient (Wildman–Crippen LogP) is 4.62. The molecule has 1 saturated heterocycles. The minimum absolute atomic E-state index is 0.149. The minimum atomic E-state index is -4.46. The number of hydrogen-bond donors (Lipinski definition) is 2. The Morgan fingerprint density at radius 3 is 2.50 bits per heavy atom. The summed E-state index contributed by atoms with van der Waals surface area (Å²) >= 11 is 0. The molecule has 6 nitrogen and oxygen atoms in total. The van der Waals surface area contributed by atoms with Gasteiger partial charge in [-0.1, -0.05) is 24.3 Å². The fourth-order valence-electron chi connectivity index (χ4n) is 3.54. The molecule has 0 spiro atoms. The minimum Gasteiger partial charge on any atom is -0.465 e. The van der Waals surface area contributed by atoms with Crippen molar-refractivity contribution < 1.29 is 27.5 Å². The van der Waals surface area contributed by atoms with Gasteiger partial charge in [0.25, 0.3) is 0 Å². The third-order valence-corrected chi connectivity index (χ3v) is 5.04. The van der Waals surface area contributed by atoms with Crippen LogP contribution >= 0.6 is 0 Å². The van der Waals surface area contributed by atoms with Crippen LogP contribution in [-0.2, 0) is 6.18 Å². The molecule has 30 heavy (non-hydrogen) atoms. The van der Waals surface area contributed by atoms with Gasteiger partial charge in [0.15, 0.2) is 5.82 Å². The fraction of sp³-hybridized carbons (Fsp3) is 0.250. The number of amides is 1. The number of benzene rings is 2. The van der Waals surface area contributed by atoms with Crippen LogP contribution in [0.1, 0.15) is 12.0 Å². The first-order valence-corrected chi connectivity index (χ1v) is 9.11. The molecule has 1 unspecified atom stereocenters. The van der Waals surface area contributed by atoms with Gasteiger partial charge in [-0.3, -0.25) is 0 Å². The quantitative estimate of drug-likeness (QED) is 0.605. The molecule has 2 heterocycles. The average Bonchev–Trinajstić information content (AvgIpc) is 3.17. The second kappa shape index (κ2) is 7.43. The summed E-state index contributed by atoms with van der Waals surface area (Å²) < 4.78 is 53.2. The van der Waals surface area contributed by atoms with Crippen LogP contribution in [-0.4, -0.2) is 45.4 Å². The first kappa shape index (κ1) is 19.9. The first-order valence-electron chi connectivity index (χ1n) is 9.11. The van der Waals surface area contributed by atoms with Crippen LogP contribution in [0.4, 0.5) is 28.2 Å². The molecule has 0 saturated carbocycles. The van der Waals surface area contributed by atoms with Gasteiger partial charge in [-0.25, -0.2) is 9.18 Å². The van der Waals surface area contributed by atoms with Crippen molar-refractivity contribution in [2.24, 2.45) is 0 Å². The van der Waals surface area contributed by atoms with E-state index >= 15 is 0 Å². The van der Waals surface area contributed by atoms with Gasteiger partial charge in [-0.2, -0.15) is 13.2 Å². The Balaban J connectivity index is 1.71. The second-order valence-electron chi connectivity index (χ2n) is 6.99. The Bertz CT molecular complexity index is 1100. The van der Waals surface area contributed by atoms with E-state index in [0.29, 0.717) is 23.9 Å². The summed E-state index contributed by atoms with van der Waals surface area (Å²) in [4.78, 5) is 12.3. The van der Waals surface area contributed by atoms with Gasteiger partial charge >= 0.3 is 12.3 Å². The van der Waals surface area contributed by atoms with Crippen molar-refractivity contribution in [2.75, 3.05) is 18.4 Å². The molecule has 1 atom stereocenters. The molecular formula is C20H16F4N4O2. The normalized spacial score (nSPS) is 16.8. The van der Waals surface area contributed by atoms with Crippen molar-refractivity contribution in [3.8, 4) is 11.3 Å². The first-order chi connectivity index (χ1) is 14.2. The molecule has 156 valence electrons. The van der Waals surface area contributed by atoms with E-state index < -0.39 is 23.7 Å². The second-order valence-corrected chi connectivity index (χ2v) is 6.99. The van der Waals surface area contributed by atoms with E-state index in [-0.39, 0.29) is 29.5 Å². The smallest absolute Gasteiger partial charge is 0.416 e. The molecule has 0 aliphatic carbocycles. The number of aromatic nitrogens is 2. The number of halogens is 4. The number of likely N-dealkylation sites (tertiary alicyclic amines) is 1. The molecule has 10 heteroatoms. The zero-order chi connectivity index (χ0) is 21.5. The van der Waals surface area contributed by atoms with Crippen molar-refractivity contribution in [1.29, 1.82) is 0 Å². The molecule has 1 amide bonds. The summed E-state index contributed by atoms with van der Waals surface area (Å²) in [6.45, 7) is 0.581. The number of carboxylic acid groups (broad SMARTS) is 1. The lowest BCUT2D eigenvalue weighted by Crippen LogP contribution is -2.30. The predicted molar refractivity (Wildman–Crippen MR) is 102 cm³/mol. The van der Waals surface area contributed by atoms with Gasteiger partial charge < -0.3 is 15.3 Å².